The monoisotopic (exact) mass is 286 g/mol. The summed E-state index contributed by atoms with van der Waals surface area (Å²) < 4.78 is 42.7. The first-order valence-electron chi connectivity index (χ1n) is 6.25. The van der Waals surface area contributed by atoms with Gasteiger partial charge in [0.15, 0.2) is 0 Å². The fourth-order valence-electron chi connectivity index (χ4n) is 2.00. The molecule has 3 nitrogen and oxygen atoms in total. The molecule has 1 aromatic rings. The van der Waals surface area contributed by atoms with E-state index in [1.807, 2.05) is 13.0 Å². The predicted molar refractivity (Wildman–Crippen MR) is 69.3 cm³/mol. The largest absolute Gasteiger partial charge is 0.496 e. The van der Waals surface area contributed by atoms with Gasteiger partial charge >= 0.3 is 6.18 Å². The van der Waals surface area contributed by atoms with E-state index in [-0.39, 0.29) is 6.54 Å². The zero-order chi connectivity index (χ0) is 15.2. The van der Waals surface area contributed by atoms with Crippen LogP contribution in [0.1, 0.15) is 24.5 Å². The Kier molecular flexibility index (Phi) is 5.83. The van der Waals surface area contributed by atoms with Crippen LogP contribution in [0.2, 0.25) is 0 Å². The summed E-state index contributed by atoms with van der Waals surface area (Å²) in [5.74, 6) is 0.493. The van der Waals surface area contributed by atoms with E-state index in [1.54, 1.807) is 18.2 Å². The molecule has 110 valence electrons. The number of nitriles is 1. The third kappa shape index (κ3) is 5.10. The molecule has 0 saturated carbocycles. The third-order valence-electron chi connectivity index (χ3n) is 2.75. The van der Waals surface area contributed by atoms with Crippen molar-refractivity contribution in [3.8, 4) is 11.8 Å². The van der Waals surface area contributed by atoms with Crippen LogP contribution < -0.4 is 4.74 Å². The Bertz CT molecular complexity index is 480. The van der Waals surface area contributed by atoms with E-state index in [9.17, 15) is 13.2 Å². The minimum absolute atomic E-state index is 0.103. The van der Waals surface area contributed by atoms with Crippen LogP contribution in [0.3, 0.4) is 0 Å². The molecule has 0 atom stereocenters. The zero-order valence-electron chi connectivity index (χ0n) is 11.5. The molecule has 0 aromatic heterocycles. The second-order valence-electron chi connectivity index (χ2n) is 4.46. The van der Waals surface area contributed by atoms with Crippen molar-refractivity contribution in [2.45, 2.75) is 26.1 Å². The number of benzene rings is 1. The maximum Gasteiger partial charge on any atom is 0.401 e. The molecule has 0 N–H and O–H groups in total. The Morgan fingerprint density at radius 1 is 1.35 bits per heavy atom. The average Bonchev–Trinajstić information content (AvgIpc) is 2.37. The quantitative estimate of drug-likeness (QED) is 0.804. The van der Waals surface area contributed by atoms with E-state index in [1.165, 1.54) is 12.0 Å². The van der Waals surface area contributed by atoms with Gasteiger partial charge in [0, 0.05) is 12.1 Å². The fourth-order valence-corrected chi connectivity index (χ4v) is 2.00. The number of alkyl halides is 3. The van der Waals surface area contributed by atoms with Gasteiger partial charge in [0.25, 0.3) is 0 Å². The number of halogens is 3. The summed E-state index contributed by atoms with van der Waals surface area (Å²) in [7, 11) is 1.46. The van der Waals surface area contributed by atoms with Gasteiger partial charge in [0.05, 0.1) is 25.3 Å². The molecular formula is C14H17F3N2O. The summed E-state index contributed by atoms with van der Waals surface area (Å²) in [6, 6.07) is 6.73. The molecule has 0 fully saturated rings. The van der Waals surface area contributed by atoms with Crippen LogP contribution in [-0.4, -0.2) is 31.3 Å². The predicted octanol–water partition coefficient (Wildman–Crippen LogP) is 3.34. The summed E-state index contributed by atoms with van der Waals surface area (Å²) >= 11 is 0. The summed E-state index contributed by atoms with van der Waals surface area (Å²) in [6.45, 7) is 1.29. The number of methoxy groups -OCH3 is 1. The average molecular weight is 286 g/mol. The topological polar surface area (TPSA) is 36.3 Å². The molecule has 0 amide bonds. The van der Waals surface area contributed by atoms with Crippen LogP contribution in [0.4, 0.5) is 13.2 Å². The first-order chi connectivity index (χ1) is 9.39. The second-order valence-corrected chi connectivity index (χ2v) is 4.46. The van der Waals surface area contributed by atoms with Crippen molar-refractivity contribution >= 4 is 0 Å². The minimum atomic E-state index is -4.24. The minimum Gasteiger partial charge on any atom is -0.496 e. The molecule has 0 spiro atoms. The number of hydrogen-bond donors (Lipinski definition) is 0. The molecule has 1 rings (SSSR count). The van der Waals surface area contributed by atoms with Gasteiger partial charge in [-0.05, 0) is 31.2 Å². The number of ether oxygens (including phenoxy) is 1. The lowest BCUT2D eigenvalue weighted by atomic mass is 10.1. The SMILES string of the molecule is CCCN(Cc1cc(C#N)ccc1OC)CC(F)(F)F. The van der Waals surface area contributed by atoms with Crippen molar-refractivity contribution in [1.82, 2.24) is 4.90 Å². The Hall–Kier alpha value is -1.74. The number of rotatable bonds is 6. The second kappa shape index (κ2) is 7.15. The molecule has 0 unspecified atom stereocenters. The van der Waals surface area contributed by atoms with Crippen LogP contribution in [-0.2, 0) is 6.54 Å². The molecule has 0 radical (unpaired) electrons. The van der Waals surface area contributed by atoms with E-state index >= 15 is 0 Å². The van der Waals surface area contributed by atoms with E-state index < -0.39 is 12.7 Å². The summed E-state index contributed by atoms with van der Waals surface area (Å²) in [5, 5.41) is 8.87. The van der Waals surface area contributed by atoms with Crippen LogP contribution in [0.15, 0.2) is 18.2 Å². The molecule has 0 saturated heterocycles. The van der Waals surface area contributed by atoms with Gasteiger partial charge < -0.3 is 4.74 Å². The smallest absolute Gasteiger partial charge is 0.401 e. The molecule has 1 aromatic carbocycles. The van der Waals surface area contributed by atoms with Crippen molar-refractivity contribution in [2.24, 2.45) is 0 Å². The molecule has 20 heavy (non-hydrogen) atoms. The summed E-state index contributed by atoms with van der Waals surface area (Å²) in [5.41, 5.74) is 0.994. The fraction of sp³-hybridized carbons (Fsp3) is 0.500. The van der Waals surface area contributed by atoms with Gasteiger partial charge in [-0.15, -0.1) is 0 Å². The molecule has 0 aliphatic heterocycles. The molecular weight excluding hydrogens is 269 g/mol. The highest BCUT2D eigenvalue weighted by Crippen LogP contribution is 2.24. The summed E-state index contributed by atoms with van der Waals surface area (Å²) in [4.78, 5) is 1.30. The van der Waals surface area contributed by atoms with E-state index in [2.05, 4.69) is 0 Å². The third-order valence-corrected chi connectivity index (χ3v) is 2.75. The van der Waals surface area contributed by atoms with E-state index in [4.69, 9.17) is 10.00 Å². The first kappa shape index (κ1) is 16.3. The van der Waals surface area contributed by atoms with Crippen molar-refractivity contribution < 1.29 is 17.9 Å². The lowest BCUT2D eigenvalue weighted by Gasteiger charge is -2.24. The lowest BCUT2D eigenvalue weighted by molar-refractivity contribution is -0.147. The van der Waals surface area contributed by atoms with Crippen LogP contribution in [0, 0.1) is 11.3 Å². The van der Waals surface area contributed by atoms with E-state index in [0.717, 1.165) is 0 Å². The van der Waals surface area contributed by atoms with Crippen molar-refractivity contribution in [3.05, 3.63) is 29.3 Å². The molecule has 0 aliphatic rings. The normalized spacial score (nSPS) is 11.4. The summed E-state index contributed by atoms with van der Waals surface area (Å²) in [6.07, 6.45) is -3.62. The van der Waals surface area contributed by atoms with E-state index in [0.29, 0.717) is 29.8 Å². The zero-order valence-corrected chi connectivity index (χ0v) is 11.5. The molecule has 0 heterocycles. The van der Waals surface area contributed by atoms with Gasteiger partial charge in [-0.3, -0.25) is 4.90 Å². The van der Waals surface area contributed by atoms with Crippen molar-refractivity contribution in [3.63, 3.8) is 0 Å². The lowest BCUT2D eigenvalue weighted by Crippen LogP contribution is -2.34. The molecule has 0 aliphatic carbocycles. The van der Waals surface area contributed by atoms with Gasteiger partial charge in [-0.25, -0.2) is 0 Å². The molecule has 0 bridgehead atoms. The van der Waals surface area contributed by atoms with Gasteiger partial charge in [0.1, 0.15) is 5.75 Å². The van der Waals surface area contributed by atoms with Crippen LogP contribution in [0.25, 0.3) is 0 Å². The van der Waals surface area contributed by atoms with Crippen LogP contribution in [0.5, 0.6) is 5.75 Å². The standard InChI is InChI=1S/C14H17F3N2O/c1-3-6-19(10-14(15,16)17)9-12-7-11(8-18)4-5-13(12)20-2/h4-5,7H,3,6,9-10H2,1-2H3. The Morgan fingerprint density at radius 2 is 2.05 bits per heavy atom. The Labute approximate surface area is 116 Å². The van der Waals surface area contributed by atoms with Crippen LogP contribution >= 0.6 is 0 Å². The van der Waals surface area contributed by atoms with Crippen molar-refractivity contribution in [2.75, 3.05) is 20.2 Å². The van der Waals surface area contributed by atoms with Gasteiger partial charge in [-0.1, -0.05) is 6.92 Å². The van der Waals surface area contributed by atoms with Crippen molar-refractivity contribution in [1.29, 1.82) is 5.26 Å². The van der Waals surface area contributed by atoms with Gasteiger partial charge in [-0.2, -0.15) is 18.4 Å². The number of nitrogens with zero attached hydrogens (tertiary/aromatic N) is 2. The highest BCUT2D eigenvalue weighted by atomic mass is 19.4. The molecule has 6 heteroatoms. The van der Waals surface area contributed by atoms with Gasteiger partial charge in [0.2, 0.25) is 0 Å². The maximum atomic E-state index is 12.5. The maximum absolute atomic E-state index is 12.5. The number of hydrogen-bond acceptors (Lipinski definition) is 3. The highest BCUT2D eigenvalue weighted by molar-refractivity contribution is 5.42. The Balaban J connectivity index is 2.94. The Morgan fingerprint density at radius 3 is 2.55 bits per heavy atom. The first-order valence-corrected chi connectivity index (χ1v) is 6.25. The highest BCUT2D eigenvalue weighted by Gasteiger charge is 2.30.